The minimum absolute atomic E-state index is 0.0536. The van der Waals surface area contributed by atoms with Crippen LogP contribution in [-0.2, 0) is 9.47 Å². The highest BCUT2D eigenvalue weighted by Gasteiger charge is 2.51. The first-order valence-corrected chi connectivity index (χ1v) is 7.56. The van der Waals surface area contributed by atoms with Crippen molar-refractivity contribution in [2.75, 3.05) is 59.0 Å². The molecule has 22 heavy (non-hydrogen) atoms. The maximum atomic E-state index is 12.1. The fraction of sp³-hybridized carbons (Fsp3) is 0.625. The number of anilines is 1. The lowest BCUT2D eigenvalue weighted by atomic mass is 9.82. The van der Waals surface area contributed by atoms with Gasteiger partial charge in [0.1, 0.15) is 11.5 Å². The molecule has 6 nitrogen and oxygen atoms in total. The molecule has 0 radical (unpaired) electrons. The first kappa shape index (κ1) is 15.2. The van der Waals surface area contributed by atoms with E-state index in [0.717, 1.165) is 32.1 Å². The van der Waals surface area contributed by atoms with E-state index in [9.17, 15) is 4.79 Å². The Bertz CT molecular complexity index is 563. The largest absolute Gasteiger partial charge is 0.384 e. The summed E-state index contributed by atoms with van der Waals surface area (Å²) in [7, 11) is 5.21. The van der Waals surface area contributed by atoms with Gasteiger partial charge in [0.2, 0.25) is 0 Å². The summed E-state index contributed by atoms with van der Waals surface area (Å²) in [4.78, 5) is 20.4. The molecular formula is C16H23N3O3. The number of ether oxygens (including phenoxy) is 2. The van der Waals surface area contributed by atoms with Crippen LogP contribution < -0.4 is 4.90 Å². The van der Waals surface area contributed by atoms with Gasteiger partial charge in [-0.25, -0.2) is 4.98 Å². The molecule has 0 unspecified atom stereocenters. The number of carbonyl (C=O) groups is 1. The minimum Gasteiger partial charge on any atom is -0.384 e. The number of hydrogen-bond donors (Lipinski definition) is 0. The van der Waals surface area contributed by atoms with E-state index >= 15 is 0 Å². The van der Waals surface area contributed by atoms with Crippen LogP contribution >= 0.6 is 0 Å². The predicted octanol–water partition coefficient (Wildman–Crippen LogP) is 0.883. The number of amides is 1. The van der Waals surface area contributed by atoms with Gasteiger partial charge >= 0.3 is 0 Å². The maximum absolute atomic E-state index is 12.1. The van der Waals surface area contributed by atoms with Crippen LogP contribution in [0.25, 0.3) is 0 Å². The lowest BCUT2D eigenvalue weighted by molar-refractivity contribution is 0.0660. The Morgan fingerprint density at radius 3 is 3.09 bits per heavy atom. The predicted molar refractivity (Wildman–Crippen MR) is 83.1 cm³/mol. The zero-order chi connectivity index (χ0) is 15.7. The minimum atomic E-state index is -0.0730. The number of carbonyl (C=O) groups excluding carboxylic acids is 1. The first-order chi connectivity index (χ1) is 10.6. The van der Waals surface area contributed by atoms with Crippen molar-refractivity contribution in [2.24, 2.45) is 11.3 Å². The number of fused-ring (bicyclic) bond motifs is 1. The van der Waals surface area contributed by atoms with E-state index in [4.69, 9.17) is 9.47 Å². The van der Waals surface area contributed by atoms with Crippen molar-refractivity contribution in [1.29, 1.82) is 0 Å². The Labute approximate surface area is 131 Å². The van der Waals surface area contributed by atoms with Crippen molar-refractivity contribution < 1.29 is 14.3 Å². The quantitative estimate of drug-likeness (QED) is 0.826. The van der Waals surface area contributed by atoms with E-state index in [2.05, 4.69) is 9.88 Å². The summed E-state index contributed by atoms with van der Waals surface area (Å²) in [6, 6.07) is 5.62. The number of pyridine rings is 1. The van der Waals surface area contributed by atoms with Gasteiger partial charge in [-0.1, -0.05) is 6.07 Å². The van der Waals surface area contributed by atoms with E-state index in [1.807, 2.05) is 12.1 Å². The van der Waals surface area contributed by atoms with Crippen LogP contribution in [0.3, 0.4) is 0 Å². The Kier molecular flexibility index (Phi) is 4.06. The lowest BCUT2D eigenvalue weighted by Gasteiger charge is -2.26. The number of hydrogen-bond acceptors (Lipinski definition) is 5. The van der Waals surface area contributed by atoms with Crippen LogP contribution in [0.4, 0.5) is 5.82 Å². The molecular weight excluding hydrogens is 282 g/mol. The first-order valence-electron chi connectivity index (χ1n) is 7.56. The van der Waals surface area contributed by atoms with Crippen molar-refractivity contribution in [3.63, 3.8) is 0 Å². The number of aromatic nitrogens is 1. The van der Waals surface area contributed by atoms with Crippen molar-refractivity contribution in [1.82, 2.24) is 9.88 Å². The Hall–Kier alpha value is -1.66. The third-order valence-corrected chi connectivity index (χ3v) is 4.64. The summed E-state index contributed by atoms with van der Waals surface area (Å²) in [6.45, 7) is 3.97. The van der Waals surface area contributed by atoms with Gasteiger partial charge in [0.05, 0.1) is 19.8 Å². The van der Waals surface area contributed by atoms with Crippen molar-refractivity contribution >= 4 is 11.7 Å². The molecule has 3 heterocycles. The topological polar surface area (TPSA) is 54.9 Å². The summed E-state index contributed by atoms with van der Waals surface area (Å²) >= 11 is 0. The molecule has 2 atom stereocenters. The summed E-state index contributed by atoms with van der Waals surface area (Å²) in [5.74, 6) is 1.25. The molecule has 0 aliphatic carbocycles. The molecule has 0 bridgehead atoms. The number of rotatable bonds is 4. The van der Waals surface area contributed by atoms with Gasteiger partial charge in [-0.15, -0.1) is 0 Å². The van der Waals surface area contributed by atoms with E-state index in [-0.39, 0.29) is 11.3 Å². The summed E-state index contributed by atoms with van der Waals surface area (Å²) in [5, 5.41) is 0. The third kappa shape index (κ3) is 2.57. The monoisotopic (exact) mass is 305 g/mol. The van der Waals surface area contributed by atoms with Gasteiger partial charge in [0.15, 0.2) is 0 Å². The Balaban J connectivity index is 1.81. The molecule has 2 fully saturated rings. The SMILES string of the molecule is COC[C@@]12COC[C@@H]1CN(c1cccc(C(=O)N(C)C)n1)C2. The third-order valence-electron chi connectivity index (χ3n) is 4.64. The molecule has 0 aromatic carbocycles. The van der Waals surface area contributed by atoms with Gasteiger partial charge < -0.3 is 19.3 Å². The van der Waals surface area contributed by atoms with E-state index in [0.29, 0.717) is 18.2 Å². The number of methoxy groups -OCH3 is 1. The highest BCUT2D eigenvalue weighted by molar-refractivity contribution is 5.92. The molecule has 6 heteroatoms. The molecule has 0 N–H and O–H groups in total. The highest BCUT2D eigenvalue weighted by Crippen LogP contribution is 2.42. The van der Waals surface area contributed by atoms with Crippen LogP contribution in [0.5, 0.6) is 0 Å². The zero-order valence-electron chi connectivity index (χ0n) is 13.4. The summed E-state index contributed by atoms with van der Waals surface area (Å²) < 4.78 is 11.1. The van der Waals surface area contributed by atoms with Gasteiger partial charge in [0, 0.05) is 45.6 Å². The average Bonchev–Trinajstić information content (AvgIpc) is 3.03. The summed E-state index contributed by atoms with van der Waals surface area (Å²) in [6.07, 6.45) is 0. The van der Waals surface area contributed by atoms with Crippen LogP contribution in [0.2, 0.25) is 0 Å². The van der Waals surface area contributed by atoms with E-state index in [1.165, 1.54) is 0 Å². The van der Waals surface area contributed by atoms with Crippen molar-refractivity contribution in [3.05, 3.63) is 23.9 Å². The molecule has 120 valence electrons. The average molecular weight is 305 g/mol. The second-order valence-corrected chi connectivity index (χ2v) is 6.47. The Morgan fingerprint density at radius 2 is 2.36 bits per heavy atom. The standard InChI is InChI=1S/C16H23N3O3/c1-18(2)15(20)13-5-4-6-14(17-13)19-7-12-8-22-11-16(12,9-19)10-21-3/h4-6,12H,7-11H2,1-3H3/t12-,16-/m0/s1. The van der Waals surface area contributed by atoms with Gasteiger partial charge in [-0.05, 0) is 12.1 Å². The molecule has 1 aromatic rings. The molecule has 2 aliphatic heterocycles. The molecule has 0 spiro atoms. The second kappa shape index (κ2) is 5.85. The second-order valence-electron chi connectivity index (χ2n) is 6.47. The normalized spacial score (nSPS) is 27.0. The van der Waals surface area contributed by atoms with Crippen LogP contribution in [-0.4, -0.2) is 69.9 Å². The van der Waals surface area contributed by atoms with Gasteiger partial charge in [-0.2, -0.15) is 0 Å². The zero-order valence-corrected chi connectivity index (χ0v) is 13.4. The fourth-order valence-electron chi connectivity index (χ4n) is 3.45. The molecule has 2 aliphatic rings. The van der Waals surface area contributed by atoms with Crippen molar-refractivity contribution in [3.8, 4) is 0 Å². The van der Waals surface area contributed by atoms with E-state index < -0.39 is 0 Å². The fourth-order valence-corrected chi connectivity index (χ4v) is 3.45. The number of nitrogens with zero attached hydrogens (tertiary/aromatic N) is 3. The van der Waals surface area contributed by atoms with E-state index in [1.54, 1.807) is 32.2 Å². The molecule has 1 amide bonds. The molecule has 1 aromatic heterocycles. The molecule has 0 saturated carbocycles. The van der Waals surface area contributed by atoms with Gasteiger partial charge in [0.25, 0.3) is 5.91 Å². The lowest BCUT2D eigenvalue weighted by Crippen LogP contribution is -2.35. The van der Waals surface area contributed by atoms with Crippen LogP contribution in [0, 0.1) is 11.3 Å². The van der Waals surface area contributed by atoms with Gasteiger partial charge in [-0.3, -0.25) is 4.79 Å². The molecule has 3 rings (SSSR count). The highest BCUT2D eigenvalue weighted by atomic mass is 16.5. The van der Waals surface area contributed by atoms with Crippen LogP contribution in [0.1, 0.15) is 10.5 Å². The van der Waals surface area contributed by atoms with Crippen LogP contribution in [0.15, 0.2) is 18.2 Å². The Morgan fingerprint density at radius 1 is 1.55 bits per heavy atom. The smallest absolute Gasteiger partial charge is 0.272 e. The maximum Gasteiger partial charge on any atom is 0.272 e. The molecule has 2 saturated heterocycles. The van der Waals surface area contributed by atoms with Crippen molar-refractivity contribution in [2.45, 2.75) is 0 Å². The summed E-state index contributed by atoms with van der Waals surface area (Å²) in [5.41, 5.74) is 0.537.